The van der Waals surface area contributed by atoms with Crippen molar-refractivity contribution in [3.63, 3.8) is 0 Å². The molecule has 116 valence electrons. The Bertz CT molecular complexity index is 544. The molecule has 5 heteroatoms. The van der Waals surface area contributed by atoms with Crippen LogP contribution in [0.1, 0.15) is 64.3 Å². The summed E-state index contributed by atoms with van der Waals surface area (Å²) < 4.78 is 7.37. The molecule has 2 heterocycles. The highest BCUT2D eigenvalue weighted by Crippen LogP contribution is 2.33. The summed E-state index contributed by atoms with van der Waals surface area (Å²) in [7, 11) is 0. The Morgan fingerprint density at radius 1 is 1.38 bits per heavy atom. The van der Waals surface area contributed by atoms with Crippen LogP contribution in [-0.2, 0) is 21.5 Å². The second-order valence-corrected chi connectivity index (χ2v) is 7.28. The van der Waals surface area contributed by atoms with Crippen LogP contribution in [0.5, 0.6) is 0 Å². The van der Waals surface area contributed by atoms with Crippen LogP contribution < -0.4 is 5.32 Å². The van der Waals surface area contributed by atoms with Crippen LogP contribution in [-0.4, -0.2) is 27.9 Å². The molecule has 1 saturated heterocycles. The number of nitrogens with zero attached hydrogens (tertiary/aromatic N) is 2. The van der Waals surface area contributed by atoms with Crippen LogP contribution in [0, 0.1) is 0 Å². The fraction of sp³-hybridized carbons (Fsp3) is 0.750. The van der Waals surface area contributed by atoms with Gasteiger partial charge in [0.05, 0.1) is 11.7 Å². The third-order valence-corrected chi connectivity index (χ3v) is 4.39. The van der Waals surface area contributed by atoms with Crippen LogP contribution in [0.15, 0.2) is 6.20 Å². The molecule has 0 aromatic carbocycles. The molecule has 1 N–H and O–H groups in total. The van der Waals surface area contributed by atoms with E-state index in [1.54, 1.807) is 0 Å². The minimum Gasteiger partial charge on any atom is -0.461 e. The maximum absolute atomic E-state index is 11.8. The summed E-state index contributed by atoms with van der Waals surface area (Å²) in [6, 6.07) is 0.0432. The molecule has 1 fully saturated rings. The number of cyclic esters (lactones) is 1. The first-order valence-electron chi connectivity index (χ1n) is 7.90. The molecule has 1 aliphatic heterocycles. The third-order valence-electron chi connectivity index (χ3n) is 4.39. The number of ether oxygens (including phenoxy) is 1. The molecule has 0 saturated carbocycles. The Kier molecular flexibility index (Phi) is 3.56. The van der Waals surface area contributed by atoms with Crippen LogP contribution in [0.25, 0.3) is 0 Å². The molecule has 21 heavy (non-hydrogen) atoms. The molecule has 2 aliphatic rings. The molecule has 1 aromatic rings. The Morgan fingerprint density at radius 2 is 2.14 bits per heavy atom. The number of hydrogen-bond acceptors (Lipinski definition) is 4. The lowest BCUT2D eigenvalue weighted by atomic mass is 9.91. The van der Waals surface area contributed by atoms with Gasteiger partial charge in [-0.1, -0.05) is 0 Å². The van der Waals surface area contributed by atoms with Crippen molar-refractivity contribution in [2.24, 2.45) is 0 Å². The summed E-state index contributed by atoms with van der Waals surface area (Å²) in [4.78, 5) is 11.8. The Morgan fingerprint density at radius 3 is 2.76 bits per heavy atom. The number of aromatic nitrogens is 2. The molecular weight excluding hydrogens is 266 g/mol. The van der Waals surface area contributed by atoms with E-state index in [1.165, 1.54) is 11.3 Å². The standard InChI is InChI=1S/C16H25N3O2/c1-10-8-13(15(20)21-10)18-12-6-5-7-14-11(12)9-17-19(14)16(2,3)4/h9-10,12-13,18H,5-8H2,1-4H3/t10-,12+,13+/m1/s1. The molecule has 1 aromatic heterocycles. The van der Waals surface area contributed by atoms with E-state index >= 15 is 0 Å². The molecule has 0 radical (unpaired) electrons. The fourth-order valence-corrected chi connectivity index (χ4v) is 3.44. The van der Waals surface area contributed by atoms with E-state index in [9.17, 15) is 4.79 Å². The largest absolute Gasteiger partial charge is 0.461 e. The van der Waals surface area contributed by atoms with E-state index in [2.05, 4.69) is 35.9 Å². The zero-order valence-corrected chi connectivity index (χ0v) is 13.3. The third kappa shape index (κ3) is 2.71. The lowest BCUT2D eigenvalue weighted by Crippen LogP contribution is -2.38. The second-order valence-electron chi connectivity index (χ2n) is 7.28. The average molecular weight is 291 g/mol. The molecule has 5 nitrogen and oxygen atoms in total. The van der Waals surface area contributed by atoms with E-state index in [1.807, 2.05) is 13.1 Å². The normalized spacial score (nSPS) is 29.3. The van der Waals surface area contributed by atoms with E-state index in [-0.39, 0.29) is 29.7 Å². The molecule has 3 atom stereocenters. The quantitative estimate of drug-likeness (QED) is 0.850. The number of carbonyl (C=O) groups excluding carboxylic acids is 1. The van der Waals surface area contributed by atoms with Gasteiger partial charge in [-0.15, -0.1) is 0 Å². The highest BCUT2D eigenvalue weighted by molar-refractivity contribution is 5.78. The van der Waals surface area contributed by atoms with Gasteiger partial charge in [0.2, 0.25) is 0 Å². The number of rotatable bonds is 2. The van der Waals surface area contributed by atoms with Crippen LogP contribution in [0.3, 0.4) is 0 Å². The van der Waals surface area contributed by atoms with E-state index < -0.39 is 0 Å². The summed E-state index contributed by atoms with van der Waals surface area (Å²) in [5.74, 6) is -0.113. The Hall–Kier alpha value is -1.36. The van der Waals surface area contributed by atoms with Gasteiger partial charge in [-0.2, -0.15) is 5.10 Å². The first-order chi connectivity index (χ1) is 9.86. The highest BCUT2D eigenvalue weighted by atomic mass is 16.6. The van der Waals surface area contributed by atoms with Gasteiger partial charge in [-0.05, 0) is 47.0 Å². The first kappa shape index (κ1) is 14.6. The summed E-state index contributed by atoms with van der Waals surface area (Å²) in [6.45, 7) is 8.47. The maximum Gasteiger partial charge on any atom is 0.323 e. The Balaban J connectivity index is 1.82. The molecule has 1 aliphatic carbocycles. The van der Waals surface area contributed by atoms with Crippen molar-refractivity contribution in [2.45, 2.75) is 77.1 Å². The van der Waals surface area contributed by atoms with Gasteiger partial charge < -0.3 is 4.74 Å². The van der Waals surface area contributed by atoms with Crippen LogP contribution in [0.4, 0.5) is 0 Å². The van der Waals surface area contributed by atoms with Gasteiger partial charge in [0.25, 0.3) is 0 Å². The van der Waals surface area contributed by atoms with Crippen LogP contribution >= 0.6 is 0 Å². The average Bonchev–Trinajstić information content (AvgIpc) is 2.93. The van der Waals surface area contributed by atoms with Crippen molar-refractivity contribution in [3.05, 3.63) is 17.5 Å². The summed E-state index contributed by atoms with van der Waals surface area (Å²) >= 11 is 0. The van der Waals surface area contributed by atoms with Gasteiger partial charge in [0.1, 0.15) is 12.1 Å². The minimum atomic E-state index is -0.172. The maximum atomic E-state index is 11.8. The van der Waals surface area contributed by atoms with Gasteiger partial charge in [-0.3, -0.25) is 14.8 Å². The fourth-order valence-electron chi connectivity index (χ4n) is 3.44. The number of esters is 1. The van der Waals surface area contributed by atoms with Gasteiger partial charge in [0.15, 0.2) is 0 Å². The van der Waals surface area contributed by atoms with E-state index in [4.69, 9.17) is 4.74 Å². The van der Waals surface area contributed by atoms with Crippen molar-refractivity contribution < 1.29 is 9.53 Å². The lowest BCUT2D eigenvalue weighted by molar-refractivity contribution is -0.142. The van der Waals surface area contributed by atoms with Crippen molar-refractivity contribution in [2.75, 3.05) is 0 Å². The monoisotopic (exact) mass is 291 g/mol. The zero-order valence-electron chi connectivity index (χ0n) is 13.3. The molecule has 0 spiro atoms. The first-order valence-corrected chi connectivity index (χ1v) is 7.90. The molecule has 0 unspecified atom stereocenters. The smallest absolute Gasteiger partial charge is 0.323 e. The van der Waals surface area contributed by atoms with E-state index in [0.29, 0.717) is 0 Å². The predicted octanol–water partition coefficient (Wildman–Crippen LogP) is 2.31. The van der Waals surface area contributed by atoms with Crippen molar-refractivity contribution in [3.8, 4) is 0 Å². The number of fused-ring (bicyclic) bond motifs is 1. The van der Waals surface area contributed by atoms with Gasteiger partial charge in [-0.25, -0.2) is 0 Å². The van der Waals surface area contributed by atoms with Gasteiger partial charge in [0, 0.05) is 23.7 Å². The van der Waals surface area contributed by atoms with Crippen molar-refractivity contribution in [1.29, 1.82) is 0 Å². The SMILES string of the molecule is C[C@@H]1C[C@H](N[C@H]2CCCc3c2cnn3C(C)(C)C)C(=O)O1. The summed E-state index contributed by atoms with van der Waals surface area (Å²) in [5.41, 5.74) is 2.56. The zero-order chi connectivity index (χ0) is 15.2. The Labute approximate surface area is 126 Å². The highest BCUT2D eigenvalue weighted by Gasteiger charge is 2.36. The molecule has 3 rings (SSSR count). The number of carbonyl (C=O) groups is 1. The van der Waals surface area contributed by atoms with Crippen molar-refractivity contribution in [1.82, 2.24) is 15.1 Å². The van der Waals surface area contributed by atoms with E-state index in [0.717, 1.165) is 25.7 Å². The molecular formula is C16H25N3O2. The van der Waals surface area contributed by atoms with Crippen LogP contribution in [0.2, 0.25) is 0 Å². The lowest BCUT2D eigenvalue weighted by Gasteiger charge is -2.29. The molecule has 0 bridgehead atoms. The predicted molar refractivity (Wildman–Crippen MR) is 80.0 cm³/mol. The molecule has 0 amide bonds. The second kappa shape index (κ2) is 5.13. The minimum absolute atomic E-state index is 0.00369. The summed E-state index contributed by atoms with van der Waals surface area (Å²) in [5, 5.41) is 8.08. The number of nitrogens with one attached hydrogen (secondary N) is 1. The van der Waals surface area contributed by atoms with Gasteiger partial charge >= 0.3 is 5.97 Å². The topological polar surface area (TPSA) is 56.2 Å². The number of hydrogen-bond donors (Lipinski definition) is 1. The van der Waals surface area contributed by atoms with Crippen molar-refractivity contribution >= 4 is 5.97 Å². The summed E-state index contributed by atoms with van der Waals surface area (Å²) in [6.07, 6.45) is 6.01.